The highest BCUT2D eigenvalue weighted by Gasteiger charge is 2.23. The van der Waals surface area contributed by atoms with E-state index in [1.54, 1.807) is 48.7 Å². The lowest BCUT2D eigenvalue weighted by atomic mass is 10.00. The minimum atomic E-state index is -3.70. The van der Waals surface area contributed by atoms with E-state index < -0.39 is 10.0 Å². The number of aliphatic hydroxyl groups is 1. The third kappa shape index (κ3) is 4.98. The summed E-state index contributed by atoms with van der Waals surface area (Å²) in [6.45, 7) is 0.825. The fraction of sp³-hybridized carbons (Fsp3) is 0.200. The molecular formula is C30H27N5O3S. The van der Waals surface area contributed by atoms with E-state index in [9.17, 15) is 13.5 Å². The first kappa shape index (κ1) is 25.1. The third-order valence-corrected chi connectivity index (χ3v) is 8.78. The summed E-state index contributed by atoms with van der Waals surface area (Å²) in [5, 5.41) is 15.0. The summed E-state index contributed by atoms with van der Waals surface area (Å²) < 4.78 is 27.6. The molecule has 1 saturated heterocycles. The van der Waals surface area contributed by atoms with Crippen molar-refractivity contribution in [3.63, 3.8) is 0 Å². The largest absolute Gasteiger partial charge is 0.393 e. The van der Waals surface area contributed by atoms with E-state index in [1.165, 1.54) is 10.3 Å². The Morgan fingerprint density at radius 1 is 1.03 bits per heavy atom. The molecule has 0 amide bonds. The van der Waals surface area contributed by atoms with Gasteiger partial charge in [-0.3, -0.25) is 4.90 Å². The fourth-order valence-electron chi connectivity index (χ4n) is 4.88. The van der Waals surface area contributed by atoms with Gasteiger partial charge in [0.05, 0.1) is 28.1 Å². The van der Waals surface area contributed by atoms with Crippen LogP contribution in [0.1, 0.15) is 18.4 Å². The second-order valence-corrected chi connectivity index (χ2v) is 11.5. The molecule has 3 aromatic carbocycles. The van der Waals surface area contributed by atoms with Gasteiger partial charge in [0.15, 0.2) is 0 Å². The fourth-order valence-corrected chi connectivity index (χ4v) is 6.26. The highest BCUT2D eigenvalue weighted by molar-refractivity contribution is 7.90. The van der Waals surface area contributed by atoms with E-state index in [2.05, 4.69) is 32.0 Å². The minimum Gasteiger partial charge on any atom is -0.393 e. The molecular weight excluding hydrogens is 510 g/mol. The van der Waals surface area contributed by atoms with Gasteiger partial charge in [-0.05, 0) is 68.1 Å². The maximum Gasteiger partial charge on any atom is 0.268 e. The predicted molar refractivity (Wildman–Crippen MR) is 152 cm³/mol. The van der Waals surface area contributed by atoms with Crippen molar-refractivity contribution in [1.82, 2.24) is 18.8 Å². The summed E-state index contributed by atoms with van der Waals surface area (Å²) in [6, 6.07) is 21.5. The molecule has 196 valence electrons. The lowest BCUT2D eigenvalue weighted by Crippen LogP contribution is -2.40. The Hall–Kier alpha value is -4.23. The standard InChI is InChI=1S/C30H27N5O3S/c1-34-15-14-25(36)19-24(34)10-7-21-8-11-28-27(17-21)30(32-20-31-28)33-23-9-12-29-22(18-23)13-16-35(29)39(37,38)26-5-3-2-4-6-26/h2-6,8-9,11-13,16-18,20,24-25,36H,14-15,19H2,1H3,(H,31,32,33). The normalized spacial score (nSPS) is 18.1. The van der Waals surface area contributed by atoms with E-state index in [0.717, 1.165) is 40.5 Å². The highest BCUT2D eigenvalue weighted by atomic mass is 32.2. The lowest BCUT2D eigenvalue weighted by Gasteiger charge is -2.31. The van der Waals surface area contributed by atoms with Crippen LogP contribution in [0.5, 0.6) is 0 Å². The van der Waals surface area contributed by atoms with Crippen molar-refractivity contribution < 1.29 is 13.5 Å². The number of rotatable bonds is 4. The number of aromatic nitrogens is 3. The average molecular weight is 538 g/mol. The Kier molecular flexibility index (Phi) is 6.53. The van der Waals surface area contributed by atoms with Crippen molar-refractivity contribution in [2.24, 2.45) is 0 Å². The van der Waals surface area contributed by atoms with Crippen LogP contribution < -0.4 is 5.32 Å². The van der Waals surface area contributed by atoms with Gasteiger partial charge in [0.25, 0.3) is 10.0 Å². The molecule has 0 radical (unpaired) electrons. The SMILES string of the molecule is CN1CCC(O)CC1C#Cc1ccc2ncnc(Nc3ccc4c(ccn4S(=O)(=O)c4ccccc4)c3)c2c1. The van der Waals surface area contributed by atoms with Gasteiger partial charge in [-0.15, -0.1) is 0 Å². The van der Waals surface area contributed by atoms with Gasteiger partial charge in [0.1, 0.15) is 12.1 Å². The summed E-state index contributed by atoms with van der Waals surface area (Å²) in [5.74, 6) is 7.19. The molecule has 39 heavy (non-hydrogen) atoms. The number of anilines is 2. The summed E-state index contributed by atoms with van der Waals surface area (Å²) >= 11 is 0. The van der Waals surface area contributed by atoms with Crippen molar-refractivity contribution >= 4 is 43.3 Å². The molecule has 0 bridgehead atoms. The van der Waals surface area contributed by atoms with E-state index in [1.807, 2.05) is 37.4 Å². The molecule has 2 atom stereocenters. The number of aliphatic hydroxyl groups excluding tert-OH is 1. The van der Waals surface area contributed by atoms with Crippen LogP contribution in [0.2, 0.25) is 0 Å². The molecule has 6 rings (SSSR count). The third-order valence-electron chi connectivity index (χ3n) is 7.08. The zero-order valence-corrected chi connectivity index (χ0v) is 22.1. The van der Waals surface area contributed by atoms with Crippen LogP contribution in [0.15, 0.2) is 90.2 Å². The van der Waals surface area contributed by atoms with Gasteiger partial charge in [-0.25, -0.2) is 22.4 Å². The number of nitrogens with zero attached hydrogens (tertiary/aromatic N) is 4. The molecule has 1 aliphatic rings. The highest BCUT2D eigenvalue weighted by Crippen LogP contribution is 2.28. The van der Waals surface area contributed by atoms with Crippen LogP contribution >= 0.6 is 0 Å². The molecule has 0 saturated carbocycles. The molecule has 1 aliphatic heterocycles. The van der Waals surface area contributed by atoms with Gasteiger partial charge in [-0.1, -0.05) is 30.0 Å². The molecule has 8 nitrogen and oxygen atoms in total. The Morgan fingerprint density at radius 2 is 1.87 bits per heavy atom. The molecule has 3 heterocycles. The van der Waals surface area contributed by atoms with Gasteiger partial charge in [0.2, 0.25) is 0 Å². The van der Waals surface area contributed by atoms with Crippen molar-refractivity contribution in [2.45, 2.75) is 29.9 Å². The van der Waals surface area contributed by atoms with Crippen molar-refractivity contribution in [1.29, 1.82) is 0 Å². The first-order valence-corrected chi connectivity index (χ1v) is 14.2. The van der Waals surface area contributed by atoms with Crippen LogP contribution in [0.25, 0.3) is 21.8 Å². The number of hydrogen-bond acceptors (Lipinski definition) is 7. The molecule has 0 spiro atoms. The topological polar surface area (TPSA) is 100 Å². The maximum absolute atomic E-state index is 13.2. The van der Waals surface area contributed by atoms with Crippen LogP contribution in [0.4, 0.5) is 11.5 Å². The van der Waals surface area contributed by atoms with Gasteiger partial charge in [-0.2, -0.15) is 0 Å². The molecule has 9 heteroatoms. The van der Waals surface area contributed by atoms with E-state index in [4.69, 9.17) is 0 Å². The summed E-state index contributed by atoms with van der Waals surface area (Å²) in [5.41, 5.74) is 2.98. The van der Waals surface area contributed by atoms with Crippen molar-refractivity contribution in [3.8, 4) is 11.8 Å². The molecule has 1 fully saturated rings. The first-order valence-electron chi connectivity index (χ1n) is 12.7. The lowest BCUT2D eigenvalue weighted by molar-refractivity contribution is 0.0746. The van der Waals surface area contributed by atoms with E-state index in [-0.39, 0.29) is 17.0 Å². The Labute approximate surface area is 227 Å². The quantitative estimate of drug-likeness (QED) is 0.328. The minimum absolute atomic E-state index is 0.0128. The van der Waals surface area contributed by atoms with Crippen LogP contribution in [-0.4, -0.2) is 58.1 Å². The number of benzene rings is 3. The zero-order valence-electron chi connectivity index (χ0n) is 21.3. The summed E-state index contributed by atoms with van der Waals surface area (Å²) in [4.78, 5) is 11.3. The summed E-state index contributed by atoms with van der Waals surface area (Å²) in [6.07, 6.45) is 4.19. The number of fused-ring (bicyclic) bond motifs is 2. The molecule has 0 aliphatic carbocycles. The van der Waals surface area contributed by atoms with E-state index in [0.29, 0.717) is 17.8 Å². The molecule has 2 unspecified atom stereocenters. The molecule has 2 N–H and O–H groups in total. The molecule has 5 aromatic rings. The van der Waals surface area contributed by atoms with Crippen LogP contribution in [-0.2, 0) is 10.0 Å². The number of piperidine rings is 1. The number of hydrogen-bond donors (Lipinski definition) is 2. The van der Waals surface area contributed by atoms with Crippen LogP contribution in [0, 0.1) is 11.8 Å². The second-order valence-electron chi connectivity index (χ2n) is 9.73. The zero-order chi connectivity index (χ0) is 27.0. The van der Waals surface area contributed by atoms with Gasteiger partial charge >= 0.3 is 0 Å². The van der Waals surface area contributed by atoms with Gasteiger partial charge < -0.3 is 10.4 Å². The van der Waals surface area contributed by atoms with Crippen LogP contribution in [0.3, 0.4) is 0 Å². The van der Waals surface area contributed by atoms with Gasteiger partial charge in [0, 0.05) is 41.2 Å². The predicted octanol–water partition coefficient (Wildman–Crippen LogP) is 4.37. The Balaban J connectivity index is 1.30. The maximum atomic E-state index is 13.2. The number of nitrogens with one attached hydrogen (secondary N) is 1. The average Bonchev–Trinajstić information content (AvgIpc) is 3.38. The number of likely N-dealkylation sites (tertiary alicyclic amines) is 1. The monoisotopic (exact) mass is 537 g/mol. The smallest absolute Gasteiger partial charge is 0.268 e. The Bertz CT molecular complexity index is 1840. The van der Waals surface area contributed by atoms with Crippen molar-refractivity contribution in [2.75, 3.05) is 18.9 Å². The second kappa shape index (κ2) is 10.2. The Morgan fingerprint density at radius 3 is 2.72 bits per heavy atom. The first-order chi connectivity index (χ1) is 18.9. The van der Waals surface area contributed by atoms with E-state index >= 15 is 0 Å². The molecule has 2 aromatic heterocycles. The van der Waals surface area contributed by atoms with Crippen molar-refractivity contribution in [3.05, 3.63) is 90.9 Å². The summed E-state index contributed by atoms with van der Waals surface area (Å²) in [7, 11) is -1.67.